The Morgan fingerprint density at radius 1 is 0.679 bits per heavy atom. The molecule has 81 heavy (non-hydrogen) atoms. The molecule has 0 radical (unpaired) electrons. The molecular weight excluding hydrogens is 1030 g/mol. The predicted molar refractivity (Wildman–Crippen MR) is 304 cm³/mol. The summed E-state index contributed by atoms with van der Waals surface area (Å²) in [5.41, 5.74) is 7.40. The maximum absolute atomic E-state index is 14.1. The van der Waals surface area contributed by atoms with Crippen LogP contribution in [0, 0.1) is 18.8 Å². The Kier molecular flexibility index (Phi) is 17.6. The number of aliphatic imine (C=N–C) groups is 2. The number of amides is 5. The van der Waals surface area contributed by atoms with Crippen LogP contribution >= 0.6 is 0 Å². The molecule has 0 spiro atoms. The number of carbonyl (C=O) groups excluding carboxylic acids is 7. The van der Waals surface area contributed by atoms with Crippen molar-refractivity contribution in [1.82, 2.24) is 20.0 Å². The van der Waals surface area contributed by atoms with Gasteiger partial charge >= 0.3 is 5.97 Å². The number of aromatic carboxylic acids is 1. The summed E-state index contributed by atoms with van der Waals surface area (Å²) in [6.45, 7) is 8.23. The molecule has 0 fully saturated rings. The Labute approximate surface area is 470 Å². The van der Waals surface area contributed by atoms with Crippen LogP contribution in [0.1, 0.15) is 132 Å². The SMILES string of the molecule is COc1cc2c(cc1OCCCOc1cc3c(cc1C)C(=O)N1C=C(c4ccc(C(=O)O)cc4)C[C@H]1C=N3)N=C[C@@H]1CC(c3ccc(CCC(=O)C(C)CC(=O)[C@@H](NC(=O)CCCCCN4C(=O)C=CC4=O)C(C)C)cc3)=CN1C2=O. The van der Waals surface area contributed by atoms with Crippen molar-refractivity contribution in [2.75, 3.05) is 26.9 Å². The molecule has 4 aromatic carbocycles. The van der Waals surface area contributed by atoms with Crippen LogP contribution in [0.25, 0.3) is 11.1 Å². The number of rotatable bonds is 25. The quantitative estimate of drug-likeness (QED) is 0.0467. The summed E-state index contributed by atoms with van der Waals surface area (Å²) in [4.78, 5) is 116. The van der Waals surface area contributed by atoms with Gasteiger partial charge in [0.1, 0.15) is 11.5 Å². The van der Waals surface area contributed by atoms with Crippen LogP contribution in [0.15, 0.2) is 107 Å². The molecule has 18 heteroatoms. The molecule has 420 valence electrons. The van der Waals surface area contributed by atoms with E-state index < -0.39 is 17.9 Å². The number of ether oxygens (including phenoxy) is 3. The first kappa shape index (κ1) is 56.9. The molecular formula is C63H66N6O12. The van der Waals surface area contributed by atoms with Crippen LogP contribution in [-0.4, -0.2) is 124 Å². The highest BCUT2D eigenvalue weighted by molar-refractivity contribution is 6.13. The monoisotopic (exact) mass is 1100 g/mol. The lowest BCUT2D eigenvalue weighted by Gasteiger charge is -2.22. The summed E-state index contributed by atoms with van der Waals surface area (Å²) in [5.74, 6) is -1.81. The molecule has 9 rings (SSSR count). The number of carboxylic acid groups (broad SMARTS) is 1. The number of imide groups is 1. The molecule has 0 saturated carbocycles. The third-order valence-corrected chi connectivity index (χ3v) is 15.3. The number of fused-ring (bicyclic) bond motifs is 4. The van der Waals surface area contributed by atoms with Crippen molar-refractivity contribution in [3.63, 3.8) is 0 Å². The van der Waals surface area contributed by atoms with Crippen LogP contribution < -0.4 is 19.5 Å². The molecule has 5 aliphatic heterocycles. The second kappa shape index (κ2) is 25.1. The molecule has 5 aliphatic rings. The second-order valence-corrected chi connectivity index (χ2v) is 21.4. The summed E-state index contributed by atoms with van der Waals surface area (Å²) in [6, 6.07) is 20.1. The number of methoxy groups -OCH3 is 1. The van der Waals surface area contributed by atoms with E-state index in [1.807, 2.05) is 57.4 Å². The van der Waals surface area contributed by atoms with Gasteiger partial charge in [-0.05, 0) is 89.8 Å². The number of hydrogen-bond donors (Lipinski definition) is 2. The molecule has 4 atom stereocenters. The van der Waals surface area contributed by atoms with Crippen LogP contribution in [0.4, 0.5) is 11.4 Å². The fourth-order valence-corrected chi connectivity index (χ4v) is 10.6. The van der Waals surface area contributed by atoms with E-state index in [9.17, 15) is 43.5 Å². The highest BCUT2D eigenvalue weighted by atomic mass is 16.5. The predicted octanol–water partition coefficient (Wildman–Crippen LogP) is 9.22. The molecule has 1 unspecified atom stereocenters. The lowest BCUT2D eigenvalue weighted by Crippen LogP contribution is -2.45. The largest absolute Gasteiger partial charge is 0.493 e. The van der Waals surface area contributed by atoms with Crippen LogP contribution in [-0.2, 0) is 30.4 Å². The van der Waals surface area contributed by atoms with E-state index in [1.54, 1.807) is 77.7 Å². The zero-order valence-electron chi connectivity index (χ0n) is 46.1. The summed E-state index contributed by atoms with van der Waals surface area (Å²) >= 11 is 0. The van der Waals surface area contributed by atoms with Gasteiger partial charge in [-0.2, -0.15) is 0 Å². The van der Waals surface area contributed by atoms with Gasteiger partial charge in [0.25, 0.3) is 23.6 Å². The first-order valence-electron chi connectivity index (χ1n) is 27.5. The third kappa shape index (κ3) is 13.1. The lowest BCUT2D eigenvalue weighted by molar-refractivity contribution is -0.137. The maximum atomic E-state index is 14.1. The van der Waals surface area contributed by atoms with Crippen LogP contribution in [0.5, 0.6) is 17.2 Å². The summed E-state index contributed by atoms with van der Waals surface area (Å²) in [7, 11) is 1.52. The fourth-order valence-electron chi connectivity index (χ4n) is 10.6. The number of carboxylic acids is 1. The van der Waals surface area contributed by atoms with Gasteiger partial charge in [0.2, 0.25) is 5.91 Å². The highest BCUT2D eigenvalue weighted by Crippen LogP contribution is 2.41. The number of hydrogen-bond acceptors (Lipinski definition) is 13. The van der Waals surface area contributed by atoms with Gasteiger partial charge in [-0.1, -0.05) is 63.6 Å². The average molecular weight is 1100 g/mol. The van der Waals surface area contributed by atoms with Crippen molar-refractivity contribution >= 4 is 82.0 Å². The number of ketones is 2. The Morgan fingerprint density at radius 2 is 1.25 bits per heavy atom. The minimum absolute atomic E-state index is 0.0193. The number of carbonyl (C=O) groups is 8. The van der Waals surface area contributed by atoms with E-state index in [-0.39, 0.29) is 90.5 Å². The van der Waals surface area contributed by atoms with Gasteiger partial charge in [-0.15, -0.1) is 0 Å². The van der Waals surface area contributed by atoms with Crippen molar-refractivity contribution < 1.29 is 57.7 Å². The molecule has 0 saturated heterocycles. The standard InChI is InChI=1S/C63H66N6O12/c1-37(2)60(66-57(72)10-7-6-8-23-67-58(73)21-22-59(67)74)53(71)27-38(3)52(70)20-13-40-11-14-41(15-12-40)44-28-47-34-65-51-32-56(55(79-5)30-49(51)62(76)69(47)35-44)81-25-9-24-80-54-31-50-48(26-39(54)4)61(75)68-36-45(29-46(68)33-64-50)42-16-18-43(19-17-42)63(77)78/h11-12,14-19,21-22,26,30-38,46-47,60H,6-10,13,20,23-25,27-29H2,1-5H3,(H,66,72)(H,77,78)/t38?,46-,47-,60-/m0/s1. The molecule has 2 N–H and O–H groups in total. The number of benzene rings is 4. The zero-order chi connectivity index (χ0) is 57.5. The number of nitrogens with zero attached hydrogens (tertiary/aromatic N) is 5. The number of nitrogens with one attached hydrogen (secondary N) is 1. The minimum Gasteiger partial charge on any atom is -0.493 e. The molecule has 4 aromatic rings. The molecule has 0 aromatic heterocycles. The van der Waals surface area contributed by atoms with Crippen molar-refractivity contribution in [2.24, 2.45) is 21.8 Å². The van der Waals surface area contributed by atoms with Crippen molar-refractivity contribution in [3.8, 4) is 17.2 Å². The van der Waals surface area contributed by atoms with Crippen molar-refractivity contribution in [3.05, 3.63) is 136 Å². The number of Topliss-reactive ketones (excluding diaryl/α,β-unsaturated/α-hetero) is 2. The molecule has 0 bridgehead atoms. The lowest BCUT2D eigenvalue weighted by atomic mass is 9.89. The third-order valence-electron chi connectivity index (χ3n) is 15.3. The van der Waals surface area contributed by atoms with Gasteiger partial charge in [0.05, 0.1) is 66.5 Å². The van der Waals surface area contributed by atoms with E-state index >= 15 is 0 Å². The smallest absolute Gasteiger partial charge is 0.335 e. The van der Waals surface area contributed by atoms with Gasteiger partial charge in [-0.3, -0.25) is 48.4 Å². The Bertz CT molecular complexity index is 3300. The van der Waals surface area contributed by atoms with Gasteiger partial charge < -0.3 is 34.4 Å². The first-order chi connectivity index (χ1) is 39.0. The van der Waals surface area contributed by atoms with Crippen LogP contribution in [0.2, 0.25) is 0 Å². The van der Waals surface area contributed by atoms with Crippen LogP contribution in [0.3, 0.4) is 0 Å². The highest BCUT2D eigenvalue weighted by Gasteiger charge is 2.36. The number of unbranched alkanes of at least 4 members (excludes halogenated alkanes) is 2. The Hall–Kier alpha value is -8.80. The molecule has 5 amide bonds. The maximum Gasteiger partial charge on any atom is 0.335 e. The Balaban J connectivity index is 0.721. The second-order valence-electron chi connectivity index (χ2n) is 21.4. The first-order valence-corrected chi connectivity index (χ1v) is 27.5. The van der Waals surface area contributed by atoms with Gasteiger partial charge in [-0.25, -0.2) is 4.79 Å². The molecule has 18 nitrogen and oxygen atoms in total. The molecule has 5 heterocycles. The summed E-state index contributed by atoms with van der Waals surface area (Å²) < 4.78 is 18.0. The normalized spacial score (nSPS) is 17.7. The van der Waals surface area contributed by atoms with E-state index in [1.165, 1.54) is 24.2 Å². The van der Waals surface area contributed by atoms with Gasteiger partial charge in [0.15, 0.2) is 17.3 Å². The minimum atomic E-state index is -0.998. The van der Waals surface area contributed by atoms with E-state index in [0.29, 0.717) is 97.8 Å². The summed E-state index contributed by atoms with van der Waals surface area (Å²) in [6.07, 6.45) is 14.0. The van der Waals surface area contributed by atoms with E-state index in [0.717, 1.165) is 33.4 Å². The van der Waals surface area contributed by atoms with E-state index in [2.05, 4.69) is 5.32 Å². The van der Waals surface area contributed by atoms with E-state index in [4.69, 9.17) is 24.2 Å². The fraction of sp³-hybridized carbons (Fsp3) is 0.365. The zero-order valence-corrected chi connectivity index (χ0v) is 46.1. The Morgan fingerprint density at radius 3 is 1.83 bits per heavy atom. The molecule has 0 aliphatic carbocycles. The van der Waals surface area contributed by atoms with Crippen molar-refractivity contribution in [2.45, 2.75) is 110 Å². The van der Waals surface area contributed by atoms with Crippen molar-refractivity contribution in [1.29, 1.82) is 0 Å². The summed E-state index contributed by atoms with van der Waals surface area (Å²) in [5, 5.41) is 12.1. The van der Waals surface area contributed by atoms with Gasteiger partial charge in [0, 0.05) is 100 Å². The average Bonchev–Trinajstić information content (AvgIpc) is 4.18. The number of aryl methyl sites for hydroxylation is 2. The topological polar surface area (TPSA) is 231 Å².